The highest BCUT2D eigenvalue weighted by Gasteiger charge is 2.19. The number of rotatable bonds is 59. The summed E-state index contributed by atoms with van der Waals surface area (Å²) in [7, 11) is 0. The lowest BCUT2D eigenvalue weighted by molar-refractivity contribution is -0.167. The van der Waals surface area contributed by atoms with Gasteiger partial charge in [0.25, 0.3) is 0 Å². The zero-order valence-electron chi connectivity index (χ0n) is 48.9. The predicted octanol–water partition coefficient (Wildman–Crippen LogP) is 21.6. The van der Waals surface area contributed by atoms with Gasteiger partial charge in [-0.1, -0.05) is 330 Å². The number of hydrogen-bond acceptors (Lipinski definition) is 6. The molecule has 0 aromatic rings. The highest BCUT2D eigenvalue weighted by Crippen LogP contribution is 2.19. The third-order valence-electron chi connectivity index (χ3n) is 15.0. The monoisotopic (exact) mass is 1000 g/mol. The largest absolute Gasteiger partial charge is 0.462 e. The molecule has 0 fully saturated rings. The lowest BCUT2D eigenvalue weighted by atomic mass is 10.0. The summed E-state index contributed by atoms with van der Waals surface area (Å²) in [5.74, 6) is 0.845. The number of esters is 3. The second-order valence-electron chi connectivity index (χ2n) is 23.4. The maximum absolute atomic E-state index is 12.9. The summed E-state index contributed by atoms with van der Waals surface area (Å²) < 4.78 is 17.0. The molecule has 0 radical (unpaired) electrons. The van der Waals surface area contributed by atoms with E-state index in [1.165, 1.54) is 257 Å². The van der Waals surface area contributed by atoms with Crippen LogP contribution in [0.3, 0.4) is 0 Å². The van der Waals surface area contributed by atoms with Crippen LogP contribution in [0.1, 0.15) is 369 Å². The minimum atomic E-state index is -0.764. The van der Waals surface area contributed by atoms with E-state index in [1.807, 2.05) is 0 Å². The third-order valence-corrected chi connectivity index (χ3v) is 15.0. The Balaban J connectivity index is 4.24. The van der Waals surface area contributed by atoms with Crippen LogP contribution in [-0.2, 0) is 28.6 Å². The van der Waals surface area contributed by atoms with Gasteiger partial charge in [0, 0.05) is 19.3 Å². The Labute approximate surface area is 444 Å². The molecule has 0 saturated heterocycles. The molecule has 0 bridgehead atoms. The van der Waals surface area contributed by atoms with Crippen LogP contribution in [0, 0.1) is 11.8 Å². The van der Waals surface area contributed by atoms with E-state index in [2.05, 4.69) is 34.6 Å². The van der Waals surface area contributed by atoms with E-state index in [9.17, 15) is 14.4 Å². The van der Waals surface area contributed by atoms with E-state index in [-0.39, 0.29) is 31.1 Å². The normalized spacial score (nSPS) is 12.0. The quantitative estimate of drug-likeness (QED) is 0.0343. The van der Waals surface area contributed by atoms with Crippen LogP contribution in [0.5, 0.6) is 0 Å². The molecule has 0 N–H and O–H groups in total. The van der Waals surface area contributed by atoms with Gasteiger partial charge in [0.2, 0.25) is 0 Å². The Morgan fingerprint density at radius 1 is 0.268 bits per heavy atom. The van der Waals surface area contributed by atoms with Crippen molar-refractivity contribution in [2.75, 3.05) is 13.2 Å². The summed E-state index contributed by atoms with van der Waals surface area (Å²) in [5, 5.41) is 0. The van der Waals surface area contributed by atoms with Crippen molar-refractivity contribution in [2.24, 2.45) is 11.8 Å². The second kappa shape index (κ2) is 57.7. The van der Waals surface area contributed by atoms with Crippen LogP contribution in [0.4, 0.5) is 0 Å². The third kappa shape index (κ3) is 59.2. The van der Waals surface area contributed by atoms with Gasteiger partial charge in [-0.2, -0.15) is 0 Å². The Morgan fingerprint density at radius 2 is 0.465 bits per heavy atom. The molecule has 0 unspecified atom stereocenters. The molecule has 0 aromatic carbocycles. The summed E-state index contributed by atoms with van der Waals surface area (Å²) >= 11 is 0. The van der Waals surface area contributed by atoms with Gasteiger partial charge in [0.05, 0.1) is 0 Å². The number of ether oxygens (including phenoxy) is 3. The average Bonchev–Trinajstić information content (AvgIpc) is 3.35. The Morgan fingerprint density at radius 3 is 0.690 bits per heavy atom. The molecule has 0 rings (SSSR count). The van der Waals surface area contributed by atoms with Gasteiger partial charge in [-0.05, 0) is 31.1 Å². The van der Waals surface area contributed by atoms with Gasteiger partial charge in [0.1, 0.15) is 13.2 Å². The van der Waals surface area contributed by atoms with Crippen LogP contribution in [-0.4, -0.2) is 37.2 Å². The van der Waals surface area contributed by atoms with Crippen LogP contribution in [0.25, 0.3) is 0 Å². The molecule has 1 atom stereocenters. The van der Waals surface area contributed by atoms with Crippen molar-refractivity contribution in [3.8, 4) is 0 Å². The molecule has 0 aliphatic carbocycles. The highest BCUT2D eigenvalue weighted by atomic mass is 16.6. The number of hydrogen-bond donors (Lipinski definition) is 0. The molecule has 0 aromatic heterocycles. The van der Waals surface area contributed by atoms with Crippen LogP contribution in [0.15, 0.2) is 0 Å². The standard InChI is InChI=1S/C65H126O6/c1-6-7-8-9-10-11-12-13-14-15-16-21-24-27-30-37-42-47-52-57-65(68)71-62(59-70-64(67)56-51-46-41-36-32-31-34-39-44-49-54-61(4)5)58-69-63(66)55-50-45-40-35-29-26-23-20-18-17-19-22-25-28-33-38-43-48-53-60(2)3/h60-62H,6-59H2,1-5H3/t62-/m0/s1. The van der Waals surface area contributed by atoms with Crippen molar-refractivity contribution in [3.63, 3.8) is 0 Å². The van der Waals surface area contributed by atoms with E-state index in [4.69, 9.17) is 14.2 Å². The van der Waals surface area contributed by atoms with E-state index >= 15 is 0 Å². The molecule has 6 heteroatoms. The zero-order valence-corrected chi connectivity index (χ0v) is 48.9. The molecule has 6 nitrogen and oxygen atoms in total. The second-order valence-corrected chi connectivity index (χ2v) is 23.4. The topological polar surface area (TPSA) is 78.9 Å². The summed E-state index contributed by atoms with van der Waals surface area (Å²) in [5.41, 5.74) is 0. The van der Waals surface area contributed by atoms with Crippen LogP contribution < -0.4 is 0 Å². The van der Waals surface area contributed by atoms with Crippen molar-refractivity contribution < 1.29 is 28.6 Å². The number of carbonyl (C=O) groups excluding carboxylic acids is 3. The summed E-state index contributed by atoms with van der Waals surface area (Å²) in [6.07, 6.45) is 64.0. The Bertz CT molecular complexity index is 1090. The lowest BCUT2D eigenvalue weighted by Crippen LogP contribution is -2.30. The average molecular weight is 1000 g/mol. The Kier molecular flexibility index (Phi) is 56.4. The highest BCUT2D eigenvalue weighted by molar-refractivity contribution is 5.71. The zero-order chi connectivity index (χ0) is 51.8. The molecule has 422 valence electrons. The summed E-state index contributed by atoms with van der Waals surface area (Å²) in [6.45, 7) is 11.4. The smallest absolute Gasteiger partial charge is 0.306 e. The van der Waals surface area contributed by atoms with Gasteiger partial charge in [0.15, 0.2) is 6.10 Å². The fraction of sp³-hybridized carbons (Fsp3) is 0.954. The maximum atomic E-state index is 12.9. The molecular weight excluding hydrogens is 877 g/mol. The van der Waals surface area contributed by atoms with Crippen LogP contribution >= 0.6 is 0 Å². The molecule has 0 amide bonds. The van der Waals surface area contributed by atoms with E-state index < -0.39 is 6.10 Å². The van der Waals surface area contributed by atoms with E-state index in [1.54, 1.807) is 0 Å². The first-order valence-electron chi connectivity index (χ1n) is 32.2. The van der Waals surface area contributed by atoms with Crippen molar-refractivity contribution in [2.45, 2.75) is 375 Å². The number of unbranched alkanes of at least 4 members (excludes halogenated alkanes) is 44. The summed E-state index contributed by atoms with van der Waals surface area (Å²) in [4.78, 5) is 38.3. The minimum absolute atomic E-state index is 0.0621. The predicted molar refractivity (Wildman–Crippen MR) is 307 cm³/mol. The van der Waals surface area contributed by atoms with Gasteiger partial charge < -0.3 is 14.2 Å². The fourth-order valence-electron chi connectivity index (χ4n) is 10.1. The van der Waals surface area contributed by atoms with Crippen molar-refractivity contribution in [3.05, 3.63) is 0 Å². The van der Waals surface area contributed by atoms with Crippen molar-refractivity contribution >= 4 is 17.9 Å². The van der Waals surface area contributed by atoms with Gasteiger partial charge in [-0.15, -0.1) is 0 Å². The molecule has 71 heavy (non-hydrogen) atoms. The first-order chi connectivity index (χ1) is 34.7. The van der Waals surface area contributed by atoms with Crippen molar-refractivity contribution in [1.29, 1.82) is 0 Å². The molecule has 0 aliphatic heterocycles. The van der Waals surface area contributed by atoms with Gasteiger partial charge >= 0.3 is 17.9 Å². The first kappa shape index (κ1) is 69.4. The first-order valence-corrected chi connectivity index (χ1v) is 32.2. The lowest BCUT2D eigenvalue weighted by Gasteiger charge is -2.18. The van der Waals surface area contributed by atoms with E-state index in [0.717, 1.165) is 69.6 Å². The summed E-state index contributed by atoms with van der Waals surface area (Å²) in [6, 6.07) is 0. The van der Waals surface area contributed by atoms with Gasteiger partial charge in [-0.3, -0.25) is 14.4 Å². The molecule has 0 aliphatic rings. The minimum Gasteiger partial charge on any atom is -0.462 e. The molecular formula is C65H126O6. The number of carbonyl (C=O) groups is 3. The molecule has 0 saturated carbocycles. The van der Waals surface area contributed by atoms with Crippen molar-refractivity contribution in [1.82, 2.24) is 0 Å². The van der Waals surface area contributed by atoms with Gasteiger partial charge in [-0.25, -0.2) is 0 Å². The molecule has 0 heterocycles. The maximum Gasteiger partial charge on any atom is 0.306 e. The van der Waals surface area contributed by atoms with Crippen LogP contribution in [0.2, 0.25) is 0 Å². The molecule has 0 spiro atoms. The fourth-order valence-corrected chi connectivity index (χ4v) is 10.1. The SMILES string of the molecule is CCCCCCCCCCCCCCCCCCCCCC(=O)O[C@@H](COC(=O)CCCCCCCCCCCCCCCCCCCCC(C)C)COC(=O)CCCCCCCCCCCCC(C)C. The Hall–Kier alpha value is -1.59. The van der Waals surface area contributed by atoms with E-state index in [0.29, 0.717) is 19.3 Å².